The predicted molar refractivity (Wildman–Crippen MR) is 111 cm³/mol. The maximum Gasteiger partial charge on any atom is 0.271 e. The van der Waals surface area contributed by atoms with Gasteiger partial charge in [0, 0.05) is 16.5 Å². The normalized spacial score (nSPS) is 10.9. The van der Waals surface area contributed by atoms with Crippen LogP contribution < -0.4 is 14.9 Å². The minimum atomic E-state index is -0.278. The number of amides is 1. The molecule has 132 valence electrons. The van der Waals surface area contributed by atoms with E-state index in [1.807, 2.05) is 36.4 Å². The van der Waals surface area contributed by atoms with Gasteiger partial charge in [-0.3, -0.25) is 4.79 Å². The van der Waals surface area contributed by atoms with Gasteiger partial charge in [-0.25, -0.2) is 5.43 Å². The molecule has 0 spiro atoms. The molecule has 26 heavy (non-hydrogen) atoms. The van der Waals surface area contributed by atoms with Crippen LogP contribution in [0.4, 0.5) is 0 Å². The first-order valence-corrected chi connectivity index (χ1v) is 8.94. The summed E-state index contributed by atoms with van der Waals surface area (Å²) < 4.78 is 11.5. The first-order chi connectivity index (χ1) is 12.6. The lowest BCUT2D eigenvalue weighted by atomic mass is 10.0. The fourth-order valence-electron chi connectivity index (χ4n) is 2.62. The highest BCUT2D eigenvalue weighted by atomic mass is 127. The SMILES string of the molecule is COc1ccc(C(=O)N/N=C/c2ccc(OC)c3ccccc23)cc1I. The van der Waals surface area contributed by atoms with Gasteiger partial charge in [0.2, 0.25) is 0 Å². The quantitative estimate of drug-likeness (QED) is 0.353. The van der Waals surface area contributed by atoms with Crippen molar-refractivity contribution in [1.29, 1.82) is 0 Å². The van der Waals surface area contributed by atoms with Crippen LogP contribution in [0, 0.1) is 3.57 Å². The molecule has 6 heteroatoms. The summed E-state index contributed by atoms with van der Waals surface area (Å²) in [5, 5.41) is 6.10. The summed E-state index contributed by atoms with van der Waals surface area (Å²) in [6, 6.07) is 16.9. The molecule has 1 N–H and O–H groups in total. The zero-order chi connectivity index (χ0) is 18.5. The van der Waals surface area contributed by atoms with Crippen molar-refractivity contribution in [2.45, 2.75) is 0 Å². The van der Waals surface area contributed by atoms with E-state index >= 15 is 0 Å². The average molecular weight is 460 g/mol. The van der Waals surface area contributed by atoms with E-state index < -0.39 is 0 Å². The molecule has 0 heterocycles. The minimum absolute atomic E-state index is 0.278. The summed E-state index contributed by atoms with van der Waals surface area (Å²) in [7, 11) is 3.24. The van der Waals surface area contributed by atoms with E-state index in [4.69, 9.17) is 9.47 Å². The standard InChI is InChI=1S/C20H17IN2O3/c1-25-18-9-8-14(15-5-3-4-6-16(15)18)12-22-23-20(24)13-7-10-19(26-2)17(21)11-13/h3-12H,1-2H3,(H,23,24)/b22-12+. The Hall–Kier alpha value is -2.61. The molecule has 0 unspecified atom stereocenters. The second-order valence-electron chi connectivity index (χ2n) is 5.45. The second kappa shape index (κ2) is 8.18. The third-order valence-corrected chi connectivity index (χ3v) is 4.76. The zero-order valence-corrected chi connectivity index (χ0v) is 16.5. The highest BCUT2D eigenvalue weighted by molar-refractivity contribution is 14.1. The molecular formula is C20H17IN2O3. The molecule has 5 nitrogen and oxygen atoms in total. The van der Waals surface area contributed by atoms with Crippen molar-refractivity contribution in [3.63, 3.8) is 0 Å². The van der Waals surface area contributed by atoms with Crippen LogP contribution in [0.1, 0.15) is 15.9 Å². The Kier molecular flexibility index (Phi) is 5.72. The van der Waals surface area contributed by atoms with Gasteiger partial charge in [0.05, 0.1) is 24.0 Å². The number of halogens is 1. The lowest BCUT2D eigenvalue weighted by molar-refractivity contribution is 0.0955. The number of carbonyl (C=O) groups is 1. The van der Waals surface area contributed by atoms with Crippen LogP contribution in [0.5, 0.6) is 11.5 Å². The molecular weight excluding hydrogens is 443 g/mol. The van der Waals surface area contributed by atoms with E-state index in [9.17, 15) is 4.79 Å². The van der Waals surface area contributed by atoms with Crippen LogP contribution in [-0.2, 0) is 0 Å². The summed E-state index contributed by atoms with van der Waals surface area (Å²) in [6.07, 6.45) is 1.63. The predicted octanol–water partition coefficient (Wildman–Crippen LogP) is 4.23. The van der Waals surface area contributed by atoms with Crippen molar-refractivity contribution in [2.24, 2.45) is 5.10 Å². The van der Waals surface area contributed by atoms with Crippen molar-refractivity contribution in [1.82, 2.24) is 5.43 Å². The van der Waals surface area contributed by atoms with Gasteiger partial charge in [0.1, 0.15) is 11.5 Å². The molecule has 0 radical (unpaired) electrons. The lowest BCUT2D eigenvalue weighted by Crippen LogP contribution is -2.17. The molecule has 1 amide bonds. The Bertz CT molecular complexity index is 986. The first-order valence-electron chi connectivity index (χ1n) is 7.86. The molecule has 0 aliphatic carbocycles. The topological polar surface area (TPSA) is 59.9 Å². The van der Waals surface area contributed by atoms with Gasteiger partial charge in [-0.2, -0.15) is 5.10 Å². The smallest absolute Gasteiger partial charge is 0.271 e. The number of hydrazone groups is 1. The maximum atomic E-state index is 12.3. The summed E-state index contributed by atoms with van der Waals surface area (Å²) in [5.41, 5.74) is 3.98. The third kappa shape index (κ3) is 3.80. The number of hydrogen-bond donors (Lipinski definition) is 1. The van der Waals surface area contributed by atoms with Gasteiger partial charge in [-0.1, -0.05) is 24.3 Å². The van der Waals surface area contributed by atoms with Crippen LogP contribution in [0.25, 0.3) is 10.8 Å². The maximum absolute atomic E-state index is 12.3. The molecule has 3 aromatic rings. The molecule has 0 aromatic heterocycles. The summed E-state index contributed by atoms with van der Waals surface area (Å²) in [4.78, 5) is 12.3. The Morgan fingerprint density at radius 2 is 1.69 bits per heavy atom. The molecule has 0 bridgehead atoms. The number of carbonyl (C=O) groups excluding carboxylic acids is 1. The van der Waals surface area contributed by atoms with Gasteiger partial charge >= 0.3 is 0 Å². The van der Waals surface area contributed by atoms with Crippen molar-refractivity contribution < 1.29 is 14.3 Å². The molecule has 3 rings (SSSR count). The monoisotopic (exact) mass is 460 g/mol. The Labute approximate surface area is 165 Å². The van der Waals surface area contributed by atoms with Gasteiger partial charge in [-0.15, -0.1) is 0 Å². The van der Waals surface area contributed by atoms with Gasteiger partial charge in [0.15, 0.2) is 0 Å². The molecule has 0 saturated heterocycles. The largest absolute Gasteiger partial charge is 0.496 e. The number of ether oxygens (including phenoxy) is 2. The highest BCUT2D eigenvalue weighted by Gasteiger charge is 2.08. The number of hydrogen-bond acceptors (Lipinski definition) is 4. The molecule has 0 atom stereocenters. The average Bonchev–Trinajstić information content (AvgIpc) is 2.67. The van der Waals surface area contributed by atoms with Crippen LogP contribution >= 0.6 is 22.6 Å². The van der Waals surface area contributed by atoms with E-state index in [1.54, 1.807) is 38.6 Å². The Balaban J connectivity index is 1.80. The Morgan fingerprint density at radius 3 is 2.38 bits per heavy atom. The number of nitrogens with one attached hydrogen (secondary N) is 1. The van der Waals surface area contributed by atoms with Crippen LogP contribution in [-0.4, -0.2) is 26.3 Å². The van der Waals surface area contributed by atoms with Crippen LogP contribution in [0.2, 0.25) is 0 Å². The first kappa shape index (κ1) is 18.2. The summed E-state index contributed by atoms with van der Waals surface area (Å²) in [5.74, 6) is 1.25. The number of rotatable bonds is 5. The van der Waals surface area contributed by atoms with E-state index in [0.29, 0.717) is 5.56 Å². The molecule has 3 aromatic carbocycles. The van der Waals surface area contributed by atoms with Crippen molar-refractivity contribution in [3.8, 4) is 11.5 Å². The van der Waals surface area contributed by atoms with Gasteiger partial charge in [0.25, 0.3) is 5.91 Å². The van der Waals surface area contributed by atoms with Gasteiger partial charge in [-0.05, 0) is 58.3 Å². The van der Waals surface area contributed by atoms with E-state index in [2.05, 4.69) is 33.1 Å². The molecule has 0 aliphatic rings. The fourth-order valence-corrected chi connectivity index (χ4v) is 3.35. The third-order valence-electron chi connectivity index (χ3n) is 3.92. The van der Waals surface area contributed by atoms with E-state index in [1.165, 1.54) is 0 Å². The zero-order valence-electron chi connectivity index (χ0n) is 14.3. The van der Waals surface area contributed by atoms with Crippen molar-refractivity contribution in [2.75, 3.05) is 14.2 Å². The molecule has 0 saturated carbocycles. The summed E-state index contributed by atoms with van der Waals surface area (Å²) in [6.45, 7) is 0. The molecule has 0 aliphatic heterocycles. The van der Waals surface area contributed by atoms with Crippen molar-refractivity contribution >= 4 is 45.5 Å². The highest BCUT2D eigenvalue weighted by Crippen LogP contribution is 2.27. The number of fused-ring (bicyclic) bond motifs is 1. The molecule has 0 fully saturated rings. The number of nitrogens with zero attached hydrogens (tertiary/aromatic N) is 1. The Morgan fingerprint density at radius 1 is 1.00 bits per heavy atom. The van der Waals surface area contributed by atoms with E-state index in [0.717, 1.165) is 31.4 Å². The minimum Gasteiger partial charge on any atom is -0.496 e. The van der Waals surface area contributed by atoms with Crippen molar-refractivity contribution in [3.05, 3.63) is 69.3 Å². The van der Waals surface area contributed by atoms with Gasteiger partial charge < -0.3 is 9.47 Å². The lowest BCUT2D eigenvalue weighted by Gasteiger charge is -2.08. The fraction of sp³-hybridized carbons (Fsp3) is 0.100. The van der Waals surface area contributed by atoms with Crippen LogP contribution in [0.3, 0.4) is 0 Å². The van der Waals surface area contributed by atoms with Crippen LogP contribution in [0.15, 0.2) is 59.7 Å². The number of benzene rings is 3. The number of methoxy groups -OCH3 is 2. The van der Waals surface area contributed by atoms with E-state index in [-0.39, 0.29) is 5.91 Å². The summed E-state index contributed by atoms with van der Waals surface area (Å²) >= 11 is 2.13. The second-order valence-corrected chi connectivity index (χ2v) is 6.61.